The van der Waals surface area contributed by atoms with Crippen LogP contribution < -0.4 is 5.73 Å². The van der Waals surface area contributed by atoms with E-state index in [1.807, 2.05) is 29.2 Å². The molecule has 0 spiro atoms. The van der Waals surface area contributed by atoms with Crippen molar-refractivity contribution in [3.63, 3.8) is 0 Å². The summed E-state index contributed by atoms with van der Waals surface area (Å²) in [7, 11) is -3.96. The quantitative estimate of drug-likeness (QED) is 0.282. The fraction of sp³-hybridized carbons (Fsp3) is 0.645. The summed E-state index contributed by atoms with van der Waals surface area (Å²) in [5.74, 6) is -0.595. The van der Waals surface area contributed by atoms with Gasteiger partial charge < -0.3 is 24.6 Å². The molecule has 8 nitrogen and oxygen atoms in total. The van der Waals surface area contributed by atoms with Gasteiger partial charge >= 0.3 is 5.97 Å². The van der Waals surface area contributed by atoms with Crippen LogP contribution in [0.2, 0.25) is 36.3 Å². The largest absolute Gasteiger partial charge is 0.481 e. The molecule has 0 radical (unpaired) electrons. The number of aliphatic imine (C=N–C) groups is 1. The Morgan fingerprint density at radius 3 is 1.93 bits per heavy atom. The first-order valence-electron chi connectivity index (χ1n) is 14.7. The lowest BCUT2D eigenvalue weighted by molar-refractivity contribution is -0.140. The van der Waals surface area contributed by atoms with Gasteiger partial charge in [-0.2, -0.15) is 0 Å². The Kier molecular flexibility index (Phi) is 9.55. The van der Waals surface area contributed by atoms with E-state index in [0.717, 1.165) is 11.1 Å². The van der Waals surface area contributed by atoms with E-state index in [1.54, 1.807) is 0 Å². The number of carboxylic acid groups (broad SMARTS) is 1. The lowest BCUT2D eigenvalue weighted by Crippen LogP contribution is -2.46. The average molecular weight is 602 g/mol. The van der Waals surface area contributed by atoms with Gasteiger partial charge in [-0.1, -0.05) is 53.7 Å². The second-order valence-corrected chi connectivity index (χ2v) is 24.2. The Morgan fingerprint density at radius 2 is 1.49 bits per heavy atom. The van der Waals surface area contributed by atoms with E-state index in [2.05, 4.69) is 72.7 Å². The molecule has 0 bridgehead atoms. The number of carboxylic acids is 1. The molecule has 1 aliphatic heterocycles. The van der Waals surface area contributed by atoms with Crippen LogP contribution in [-0.2, 0) is 23.9 Å². The molecule has 2 aliphatic rings. The molecule has 0 aromatic heterocycles. The smallest absolute Gasteiger partial charge is 0.314 e. The van der Waals surface area contributed by atoms with Gasteiger partial charge in [-0.15, -0.1) is 0 Å². The van der Waals surface area contributed by atoms with Crippen molar-refractivity contribution in [3.05, 3.63) is 34.9 Å². The summed E-state index contributed by atoms with van der Waals surface area (Å²) < 4.78 is 12.9. The van der Waals surface area contributed by atoms with Gasteiger partial charge in [-0.3, -0.25) is 9.59 Å². The monoisotopic (exact) mass is 601 g/mol. The second kappa shape index (κ2) is 11.8. The third kappa shape index (κ3) is 7.57. The number of benzene rings is 1. The average Bonchev–Trinajstić information content (AvgIpc) is 3.65. The van der Waals surface area contributed by atoms with Gasteiger partial charge in [-0.05, 0) is 66.8 Å². The van der Waals surface area contributed by atoms with Crippen molar-refractivity contribution in [3.8, 4) is 0 Å². The number of rotatable bonds is 11. The van der Waals surface area contributed by atoms with Crippen LogP contribution in [-0.4, -0.2) is 70.7 Å². The summed E-state index contributed by atoms with van der Waals surface area (Å²) in [6.45, 7) is 23.9. The molecule has 228 valence electrons. The molecular formula is C31H51N3O5Si2. The van der Waals surface area contributed by atoms with E-state index >= 15 is 0 Å². The zero-order chi connectivity index (χ0) is 31.0. The number of carbonyl (C=O) groups excluding carboxylic acids is 1. The molecule has 10 heteroatoms. The molecule has 1 aliphatic carbocycles. The molecule has 1 aromatic carbocycles. The van der Waals surface area contributed by atoms with Gasteiger partial charge in [0, 0.05) is 30.6 Å². The van der Waals surface area contributed by atoms with Gasteiger partial charge in [0.2, 0.25) is 5.91 Å². The maximum Gasteiger partial charge on any atom is 0.314 e. The fourth-order valence-corrected chi connectivity index (χ4v) is 6.42. The number of amidine groups is 1. The molecule has 0 atom stereocenters. The molecule has 0 saturated heterocycles. The topological polar surface area (TPSA) is 114 Å². The van der Waals surface area contributed by atoms with Crippen LogP contribution in [0.25, 0.3) is 6.08 Å². The highest BCUT2D eigenvalue weighted by Crippen LogP contribution is 2.49. The Balaban J connectivity index is 1.85. The first kappa shape index (κ1) is 33.2. The number of nitrogens with zero attached hydrogens (tertiary/aromatic N) is 2. The lowest BCUT2D eigenvalue weighted by Gasteiger charge is -2.38. The maximum absolute atomic E-state index is 14.0. The molecule has 1 saturated carbocycles. The Labute approximate surface area is 248 Å². The van der Waals surface area contributed by atoms with Crippen LogP contribution in [0.1, 0.15) is 71.9 Å². The number of aliphatic carboxylic acids is 1. The molecular weight excluding hydrogens is 551 g/mol. The Hall–Kier alpha value is -2.28. The van der Waals surface area contributed by atoms with Crippen LogP contribution in [0.5, 0.6) is 0 Å². The van der Waals surface area contributed by atoms with E-state index in [1.165, 1.54) is 0 Å². The van der Waals surface area contributed by atoms with Gasteiger partial charge in [0.05, 0.1) is 24.3 Å². The minimum Gasteiger partial charge on any atom is -0.481 e. The van der Waals surface area contributed by atoms with Crippen LogP contribution in [0.15, 0.2) is 28.8 Å². The van der Waals surface area contributed by atoms with Crippen molar-refractivity contribution in [1.82, 2.24) is 4.90 Å². The Bertz CT molecular complexity index is 1190. The van der Waals surface area contributed by atoms with Gasteiger partial charge in [0.15, 0.2) is 16.6 Å². The van der Waals surface area contributed by atoms with E-state index in [4.69, 9.17) is 14.6 Å². The van der Waals surface area contributed by atoms with Crippen LogP contribution >= 0.6 is 0 Å². The van der Waals surface area contributed by atoms with Crippen LogP contribution in [0.4, 0.5) is 5.69 Å². The van der Waals surface area contributed by atoms with Crippen LogP contribution in [0, 0.1) is 0 Å². The minimum atomic E-state index is -1.98. The third-order valence-electron chi connectivity index (χ3n) is 9.53. The lowest BCUT2D eigenvalue weighted by atomic mass is 9.94. The molecule has 1 amide bonds. The van der Waals surface area contributed by atoms with Crippen molar-refractivity contribution < 1.29 is 23.5 Å². The zero-order valence-corrected chi connectivity index (χ0v) is 28.8. The minimum absolute atomic E-state index is 0.0737. The van der Waals surface area contributed by atoms with E-state index in [9.17, 15) is 14.7 Å². The predicted molar refractivity (Wildman–Crippen MR) is 172 cm³/mol. The molecule has 1 fully saturated rings. The highest BCUT2D eigenvalue weighted by Gasteiger charge is 2.52. The van der Waals surface area contributed by atoms with Gasteiger partial charge in [0.25, 0.3) is 0 Å². The van der Waals surface area contributed by atoms with Crippen molar-refractivity contribution in [2.24, 2.45) is 10.7 Å². The molecule has 3 rings (SSSR count). The first-order valence-corrected chi connectivity index (χ1v) is 20.5. The number of nitrogens with two attached hydrogens (primary N) is 1. The number of carbonyl (C=O) groups is 2. The fourth-order valence-electron chi connectivity index (χ4n) is 4.35. The molecule has 41 heavy (non-hydrogen) atoms. The summed E-state index contributed by atoms with van der Waals surface area (Å²) in [5.41, 5.74) is 8.12. The summed E-state index contributed by atoms with van der Waals surface area (Å²) in [4.78, 5) is 32.3. The predicted octanol–water partition coefficient (Wildman–Crippen LogP) is 6.45. The summed E-state index contributed by atoms with van der Waals surface area (Å²) in [5, 5.41) is 9.88. The summed E-state index contributed by atoms with van der Waals surface area (Å²) in [6.07, 6.45) is 3.29. The van der Waals surface area contributed by atoms with E-state index in [-0.39, 0.29) is 22.4 Å². The normalized spacial score (nSPS) is 17.2. The number of fused-ring (bicyclic) bond motifs is 1. The Morgan fingerprint density at radius 1 is 0.976 bits per heavy atom. The summed E-state index contributed by atoms with van der Waals surface area (Å²) >= 11 is 0. The molecule has 0 unspecified atom stereocenters. The summed E-state index contributed by atoms with van der Waals surface area (Å²) in [6, 6.07) is 5.51. The molecule has 1 heterocycles. The van der Waals surface area contributed by atoms with Crippen molar-refractivity contribution in [2.45, 2.75) is 102 Å². The first-order chi connectivity index (χ1) is 18.7. The van der Waals surface area contributed by atoms with E-state index in [0.29, 0.717) is 56.2 Å². The molecule has 1 aromatic rings. The van der Waals surface area contributed by atoms with Gasteiger partial charge in [-0.25, -0.2) is 4.99 Å². The van der Waals surface area contributed by atoms with Crippen LogP contribution in [0.3, 0.4) is 0 Å². The maximum atomic E-state index is 14.0. The second-order valence-electron chi connectivity index (χ2n) is 14.6. The highest BCUT2D eigenvalue weighted by atomic mass is 28.4. The van der Waals surface area contributed by atoms with Gasteiger partial charge in [0.1, 0.15) is 5.84 Å². The third-order valence-corrected chi connectivity index (χ3v) is 18.6. The number of hydrogen-bond acceptors (Lipinski definition) is 6. The van der Waals surface area contributed by atoms with Crippen molar-refractivity contribution >= 4 is 46.1 Å². The molecule has 3 N–H and O–H groups in total. The SMILES string of the molecule is CC(C)(C)[Si](C)(C)OCCN(CCO[Si](C)(C)C(C)(C)C)C(=O)C1=Cc2ccc(C3(C(=O)O)CC3)cc2N=C(N)C1. The van der Waals surface area contributed by atoms with Crippen molar-refractivity contribution in [2.75, 3.05) is 26.3 Å². The standard InChI is InChI=1S/C31H51N3O5Si2/c1-29(2,3)40(7,8)38-17-15-34(16-18-39-41(9,10)30(4,5)6)27(35)23-19-22-11-12-24(31(13-14-31)28(36)37)21-25(22)33-26(32)20-23/h11-12,19,21H,13-18,20H2,1-10H3,(H2,32,33)(H,36,37). The zero-order valence-electron chi connectivity index (χ0n) is 26.8. The number of amides is 1. The van der Waals surface area contributed by atoms with E-state index < -0.39 is 28.0 Å². The van der Waals surface area contributed by atoms with Crippen molar-refractivity contribution in [1.29, 1.82) is 0 Å². The number of hydrogen-bond donors (Lipinski definition) is 2. The highest BCUT2D eigenvalue weighted by molar-refractivity contribution is 6.74.